The Balaban J connectivity index is 1.81. The lowest BCUT2D eigenvalue weighted by atomic mass is 9.89. The summed E-state index contributed by atoms with van der Waals surface area (Å²) in [4.78, 5) is 34.3. The van der Waals surface area contributed by atoms with Gasteiger partial charge in [-0.25, -0.2) is 0 Å². The number of fused-ring (bicyclic) bond motifs is 1. The summed E-state index contributed by atoms with van der Waals surface area (Å²) >= 11 is 0. The van der Waals surface area contributed by atoms with Gasteiger partial charge in [0.1, 0.15) is 0 Å². The highest BCUT2D eigenvalue weighted by Gasteiger charge is 2.32. The molecule has 1 aliphatic rings. The summed E-state index contributed by atoms with van der Waals surface area (Å²) in [6.07, 6.45) is 4.98. The largest absolute Gasteiger partial charge is 0.339 e. The standard InChI is InChI=1S/C16H16N4O2/c1-20(10-11-9-17-6-7-18-11)16(22)13-8-15(21)19-14-5-3-2-4-12(13)14/h2-7,9,13H,8,10H2,1H3,(H,19,21). The van der Waals surface area contributed by atoms with E-state index in [2.05, 4.69) is 15.3 Å². The first kappa shape index (κ1) is 14.2. The number of carbonyl (C=O) groups is 2. The van der Waals surface area contributed by atoms with E-state index in [1.807, 2.05) is 24.3 Å². The van der Waals surface area contributed by atoms with Gasteiger partial charge in [-0.05, 0) is 11.6 Å². The van der Waals surface area contributed by atoms with Crippen LogP contribution in [0.3, 0.4) is 0 Å². The molecule has 6 nitrogen and oxygen atoms in total. The molecule has 6 heteroatoms. The molecule has 1 aromatic heterocycles. The second-order valence-corrected chi connectivity index (χ2v) is 5.28. The second kappa shape index (κ2) is 5.93. The third kappa shape index (κ3) is 2.81. The van der Waals surface area contributed by atoms with Crippen LogP contribution in [0, 0.1) is 0 Å². The number of hydrogen-bond donors (Lipinski definition) is 1. The van der Waals surface area contributed by atoms with Crippen LogP contribution in [0.1, 0.15) is 23.6 Å². The average molecular weight is 296 g/mol. The van der Waals surface area contributed by atoms with E-state index in [9.17, 15) is 9.59 Å². The molecule has 0 spiro atoms. The summed E-state index contributed by atoms with van der Waals surface area (Å²) < 4.78 is 0. The molecule has 22 heavy (non-hydrogen) atoms. The molecule has 0 radical (unpaired) electrons. The maximum absolute atomic E-state index is 12.7. The number of carbonyl (C=O) groups excluding carboxylic acids is 2. The minimum absolute atomic E-state index is 0.0899. The van der Waals surface area contributed by atoms with Crippen LogP contribution in [0.25, 0.3) is 0 Å². The molecule has 2 amide bonds. The quantitative estimate of drug-likeness (QED) is 0.932. The normalized spacial score (nSPS) is 16.6. The second-order valence-electron chi connectivity index (χ2n) is 5.28. The fourth-order valence-electron chi connectivity index (χ4n) is 2.63. The van der Waals surface area contributed by atoms with Crippen molar-refractivity contribution in [2.75, 3.05) is 12.4 Å². The topological polar surface area (TPSA) is 75.2 Å². The van der Waals surface area contributed by atoms with E-state index < -0.39 is 5.92 Å². The number of nitrogens with one attached hydrogen (secondary N) is 1. The van der Waals surface area contributed by atoms with E-state index >= 15 is 0 Å². The Kier molecular flexibility index (Phi) is 3.82. The summed E-state index contributed by atoms with van der Waals surface area (Å²) in [7, 11) is 1.71. The van der Waals surface area contributed by atoms with E-state index in [0.29, 0.717) is 17.9 Å². The summed E-state index contributed by atoms with van der Waals surface area (Å²) in [5.74, 6) is -0.676. The molecule has 0 saturated heterocycles. The zero-order valence-corrected chi connectivity index (χ0v) is 12.2. The predicted octanol–water partition coefficient (Wildman–Crippen LogP) is 1.56. The number of amides is 2. The summed E-state index contributed by atoms with van der Waals surface area (Å²) in [5, 5.41) is 2.80. The summed E-state index contributed by atoms with van der Waals surface area (Å²) in [5.41, 5.74) is 2.29. The van der Waals surface area contributed by atoms with Gasteiger partial charge in [0.05, 0.1) is 24.4 Å². The third-order valence-electron chi connectivity index (χ3n) is 3.69. The molecule has 0 fully saturated rings. The number of hydrogen-bond acceptors (Lipinski definition) is 4. The van der Waals surface area contributed by atoms with Crippen LogP contribution in [-0.4, -0.2) is 33.7 Å². The highest BCUT2D eigenvalue weighted by molar-refractivity contribution is 6.01. The Hall–Kier alpha value is -2.76. The number of anilines is 1. The molecular weight excluding hydrogens is 280 g/mol. The Morgan fingerprint density at radius 1 is 1.36 bits per heavy atom. The number of para-hydroxylation sites is 1. The van der Waals surface area contributed by atoms with Gasteiger partial charge in [0.25, 0.3) is 0 Å². The van der Waals surface area contributed by atoms with Crippen LogP contribution in [-0.2, 0) is 16.1 Å². The first-order chi connectivity index (χ1) is 10.6. The monoisotopic (exact) mass is 296 g/mol. The first-order valence-corrected chi connectivity index (χ1v) is 7.04. The Morgan fingerprint density at radius 3 is 2.95 bits per heavy atom. The molecule has 1 unspecified atom stereocenters. The Morgan fingerprint density at radius 2 is 2.18 bits per heavy atom. The smallest absolute Gasteiger partial charge is 0.230 e. The lowest BCUT2D eigenvalue weighted by Gasteiger charge is -2.28. The molecule has 2 aromatic rings. The highest BCUT2D eigenvalue weighted by Crippen LogP contribution is 2.33. The van der Waals surface area contributed by atoms with Crippen LogP contribution in [0.4, 0.5) is 5.69 Å². The van der Waals surface area contributed by atoms with E-state index in [4.69, 9.17) is 0 Å². The molecule has 3 rings (SSSR count). The van der Waals surface area contributed by atoms with Crippen molar-refractivity contribution in [2.45, 2.75) is 18.9 Å². The summed E-state index contributed by atoms with van der Waals surface area (Å²) in [6, 6.07) is 7.41. The van der Waals surface area contributed by atoms with Gasteiger partial charge in [-0.3, -0.25) is 19.6 Å². The van der Waals surface area contributed by atoms with Crippen molar-refractivity contribution in [3.8, 4) is 0 Å². The Bertz CT molecular complexity index is 702. The van der Waals surface area contributed by atoms with Crippen molar-refractivity contribution < 1.29 is 9.59 Å². The van der Waals surface area contributed by atoms with E-state index in [-0.39, 0.29) is 18.2 Å². The van der Waals surface area contributed by atoms with Crippen molar-refractivity contribution in [3.05, 3.63) is 54.1 Å². The SMILES string of the molecule is CN(Cc1cnccn1)C(=O)C1CC(=O)Nc2ccccc21. The number of likely N-dealkylation sites (N-methyl/N-ethyl adjacent to an activating group) is 1. The van der Waals surface area contributed by atoms with Crippen LogP contribution >= 0.6 is 0 Å². The maximum Gasteiger partial charge on any atom is 0.230 e. The first-order valence-electron chi connectivity index (χ1n) is 7.04. The number of nitrogens with zero attached hydrogens (tertiary/aromatic N) is 3. The van der Waals surface area contributed by atoms with Gasteiger partial charge >= 0.3 is 0 Å². The van der Waals surface area contributed by atoms with Gasteiger partial charge in [-0.15, -0.1) is 0 Å². The maximum atomic E-state index is 12.7. The zero-order chi connectivity index (χ0) is 15.5. The predicted molar refractivity (Wildman–Crippen MR) is 80.9 cm³/mol. The zero-order valence-electron chi connectivity index (χ0n) is 12.2. The van der Waals surface area contributed by atoms with Crippen molar-refractivity contribution in [3.63, 3.8) is 0 Å². The number of benzene rings is 1. The lowest BCUT2D eigenvalue weighted by Crippen LogP contribution is -2.36. The molecule has 0 bridgehead atoms. The van der Waals surface area contributed by atoms with Crippen LogP contribution in [0.15, 0.2) is 42.9 Å². The molecule has 1 aromatic carbocycles. The molecule has 2 heterocycles. The molecule has 0 saturated carbocycles. The van der Waals surface area contributed by atoms with Gasteiger partial charge in [0, 0.05) is 31.5 Å². The third-order valence-corrected chi connectivity index (χ3v) is 3.69. The molecule has 112 valence electrons. The van der Waals surface area contributed by atoms with Gasteiger partial charge < -0.3 is 10.2 Å². The molecule has 1 atom stereocenters. The van der Waals surface area contributed by atoms with Gasteiger partial charge in [-0.1, -0.05) is 18.2 Å². The minimum Gasteiger partial charge on any atom is -0.339 e. The summed E-state index contributed by atoms with van der Waals surface area (Å²) in [6.45, 7) is 0.368. The van der Waals surface area contributed by atoms with E-state index in [0.717, 1.165) is 5.56 Å². The number of rotatable bonds is 3. The molecule has 1 aliphatic heterocycles. The van der Waals surface area contributed by atoms with Gasteiger partial charge in [0.2, 0.25) is 11.8 Å². The van der Waals surface area contributed by atoms with Crippen molar-refractivity contribution in [1.82, 2.24) is 14.9 Å². The molecule has 0 aliphatic carbocycles. The van der Waals surface area contributed by atoms with E-state index in [1.54, 1.807) is 30.5 Å². The lowest BCUT2D eigenvalue weighted by molar-refractivity contribution is -0.134. The Labute approximate surface area is 128 Å². The highest BCUT2D eigenvalue weighted by atomic mass is 16.2. The van der Waals surface area contributed by atoms with Crippen molar-refractivity contribution >= 4 is 17.5 Å². The van der Waals surface area contributed by atoms with Crippen molar-refractivity contribution in [1.29, 1.82) is 0 Å². The van der Waals surface area contributed by atoms with Gasteiger partial charge in [0.15, 0.2) is 0 Å². The van der Waals surface area contributed by atoms with Crippen molar-refractivity contribution in [2.24, 2.45) is 0 Å². The van der Waals surface area contributed by atoms with Crippen LogP contribution in [0.2, 0.25) is 0 Å². The molecular formula is C16H16N4O2. The van der Waals surface area contributed by atoms with E-state index in [1.165, 1.54) is 0 Å². The number of aromatic nitrogens is 2. The fourth-order valence-corrected chi connectivity index (χ4v) is 2.63. The average Bonchev–Trinajstić information content (AvgIpc) is 2.54. The van der Waals surface area contributed by atoms with Gasteiger partial charge in [-0.2, -0.15) is 0 Å². The minimum atomic E-state index is -0.452. The van der Waals surface area contributed by atoms with Crippen LogP contribution in [0.5, 0.6) is 0 Å². The van der Waals surface area contributed by atoms with Crippen LogP contribution < -0.4 is 5.32 Å². The fraction of sp³-hybridized carbons (Fsp3) is 0.250. The molecule has 1 N–H and O–H groups in total.